The first kappa shape index (κ1) is 39.4. The lowest BCUT2D eigenvalue weighted by Crippen LogP contribution is -2.25. The molecule has 8 bridgehead atoms. The van der Waals surface area contributed by atoms with Crippen LogP contribution in [0.2, 0.25) is 0 Å². The summed E-state index contributed by atoms with van der Waals surface area (Å²) < 4.78 is 5.22. The Morgan fingerprint density at radius 2 is 0.814 bits per heavy atom. The maximum atomic E-state index is 11.3. The molecule has 4 atom stereocenters. The fourth-order valence-corrected chi connectivity index (χ4v) is 19.9. The van der Waals surface area contributed by atoms with Gasteiger partial charge >= 0.3 is 0 Å². The standard InChI is InChI=1S/C64H56N6/c1-63(2)11-7-9-39-51-43(23-37(27-65)59(39)63)69-44-24-38(28-66)60-40(10-8-12-64(60,3)4)52(44)56-58-54-46(26-42(68-6)48-34-17-31-14-32(18-34)22-36(21-31)50(48)54)70-45-25-41(67-5)47-33-15-29-13-30(16-33)20-35(19-29)49(47)53(45)57(62(58)70)55(51)61(56)69/h23-26,29-36H,7-22H2,1-4H3. The monoisotopic (exact) mass is 908 g/mol. The highest BCUT2D eigenvalue weighted by Gasteiger charge is 2.48. The maximum absolute atomic E-state index is 11.3. The molecule has 6 nitrogen and oxygen atoms in total. The maximum Gasteiger partial charge on any atom is 0.193 e. The number of aromatic nitrogens is 2. The number of aryl methyl sites for hydroxylation is 2. The van der Waals surface area contributed by atoms with Gasteiger partial charge in [0.15, 0.2) is 11.4 Å². The SMILES string of the molecule is [C-]#[N+]c1cc2c(c3c1C1CC4CC(C1)CC3C4)c1c3c4c5c(c(C#N)cc4n4c6cc(C#N)c7c(c6c(c6c8c9c(c([N+]#[C-])cc8n2c16)C1CC2CC(C1)CC9C2)c34)CCCC7(C)C)C(C)(C)CCC5. The Kier molecular flexibility index (Phi) is 7.07. The predicted octanol–water partition coefficient (Wildman–Crippen LogP) is 16.8. The van der Waals surface area contributed by atoms with Crippen LogP contribution in [0.25, 0.3) is 85.9 Å². The Morgan fingerprint density at radius 3 is 1.17 bits per heavy atom. The van der Waals surface area contributed by atoms with Crippen LogP contribution in [0, 0.1) is 59.5 Å². The summed E-state index contributed by atoms with van der Waals surface area (Å²) in [6, 6.07) is 14.8. The zero-order chi connectivity index (χ0) is 46.8. The van der Waals surface area contributed by atoms with Crippen molar-refractivity contribution in [3.05, 3.63) is 103 Å². The van der Waals surface area contributed by atoms with E-state index in [2.05, 4.69) is 82.6 Å². The molecule has 0 amide bonds. The molecule has 0 saturated heterocycles. The van der Waals surface area contributed by atoms with E-state index in [1.54, 1.807) is 0 Å². The van der Waals surface area contributed by atoms with Gasteiger partial charge in [0.1, 0.15) is 0 Å². The van der Waals surface area contributed by atoms with Crippen LogP contribution in [0.15, 0.2) is 24.3 Å². The van der Waals surface area contributed by atoms with Gasteiger partial charge in [-0.05, 0) is 230 Å². The second kappa shape index (κ2) is 12.6. The topological polar surface area (TPSA) is 65.1 Å². The van der Waals surface area contributed by atoms with Gasteiger partial charge in [-0.1, -0.05) is 27.7 Å². The van der Waals surface area contributed by atoms with Gasteiger partial charge in [-0.15, -0.1) is 0 Å². The Morgan fingerprint density at radius 1 is 0.471 bits per heavy atom. The fraction of sp³-hybridized carbons (Fsp3) is 0.469. The van der Waals surface area contributed by atoms with Crippen molar-refractivity contribution >= 4 is 87.6 Å². The van der Waals surface area contributed by atoms with Gasteiger partial charge in [0.2, 0.25) is 0 Å². The third-order valence-electron chi connectivity index (χ3n) is 21.6. The van der Waals surface area contributed by atoms with Crippen molar-refractivity contribution in [2.24, 2.45) is 23.7 Å². The largest absolute Gasteiger partial charge is 0.310 e. The summed E-state index contributed by atoms with van der Waals surface area (Å²) in [5, 5.41) is 33.2. The number of fused-ring (bicyclic) bond motifs is 18. The molecule has 10 aliphatic carbocycles. The van der Waals surface area contributed by atoms with Crippen LogP contribution in [0.3, 0.4) is 0 Å². The van der Waals surface area contributed by atoms with Crippen molar-refractivity contribution in [2.75, 3.05) is 0 Å². The van der Waals surface area contributed by atoms with E-state index < -0.39 is 0 Å². The Bertz CT molecular complexity index is 3910. The number of rotatable bonds is 0. The number of nitrogens with zero attached hydrogens (tertiary/aromatic N) is 6. The molecule has 0 N–H and O–H groups in total. The van der Waals surface area contributed by atoms with E-state index in [4.69, 9.17) is 13.1 Å². The van der Waals surface area contributed by atoms with Crippen LogP contribution < -0.4 is 0 Å². The van der Waals surface area contributed by atoms with Gasteiger partial charge in [0.05, 0.1) is 58.5 Å². The van der Waals surface area contributed by atoms with E-state index >= 15 is 0 Å². The van der Waals surface area contributed by atoms with Crippen LogP contribution in [0.5, 0.6) is 0 Å². The molecule has 4 saturated carbocycles. The van der Waals surface area contributed by atoms with Gasteiger partial charge in [-0.3, -0.25) is 0 Å². The van der Waals surface area contributed by atoms with Crippen molar-refractivity contribution in [1.82, 2.24) is 8.80 Å². The quantitative estimate of drug-likeness (QED) is 0.142. The van der Waals surface area contributed by atoms with E-state index in [0.717, 1.165) is 72.1 Å². The molecule has 0 spiro atoms. The van der Waals surface area contributed by atoms with Crippen molar-refractivity contribution < 1.29 is 0 Å². The Hall–Kier alpha value is -6.34. The van der Waals surface area contributed by atoms with Crippen molar-refractivity contribution in [3.63, 3.8) is 0 Å². The highest BCUT2D eigenvalue weighted by Crippen LogP contribution is 2.66. The van der Waals surface area contributed by atoms with Crippen molar-refractivity contribution in [2.45, 2.75) is 165 Å². The van der Waals surface area contributed by atoms with Gasteiger partial charge in [0, 0.05) is 54.1 Å². The molecule has 0 radical (unpaired) electrons. The molecule has 10 aliphatic rings. The Balaban J connectivity index is 1.23. The van der Waals surface area contributed by atoms with Gasteiger partial charge < -0.3 is 8.80 Å². The molecule has 5 aromatic carbocycles. The van der Waals surface area contributed by atoms with Crippen LogP contribution >= 0.6 is 0 Å². The van der Waals surface area contributed by atoms with E-state index in [0.29, 0.717) is 47.3 Å². The normalized spacial score (nSPS) is 28.7. The molecule has 342 valence electrons. The summed E-state index contributed by atoms with van der Waals surface area (Å²) >= 11 is 0. The first-order valence-corrected chi connectivity index (χ1v) is 27.2. The lowest BCUT2D eigenvalue weighted by molar-refractivity contribution is 0.166. The molecule has 70 heavy (non-hydrogen) atoms. The lowest BCUT2D eigenvalue weighted by atomic mass is 9.67. The highest BCUT2D eigenvalue weighted by molar-refractivity contribution is 6.46. The fourth-order valence-electron chi connectivity index (χ4n) is 19.9. The molecule has 4 unspecified atom stereocenters. The summed E-state index contributed by atoms with van der Waals surface area (Å²) in [5.41, 5.74) is 20.9. The van der Waals surface area contributed by atoms with Crippen LogP contribution in [-0.2, 0) is 23.7 Å². The average molecular weight is 909 g/mol. The summed E-state index contributed by atoms with van der Waals surface area (Å²) in [6.45, 7) is 27.4. The van der Waals surface area contributed by atoms with Crippen LogP contribution in [-0.4, -0.2) is 8.80 Å². The van der Waals surface area contributed by atoms with Gasteiger partial charge in [0.25, 0.3) is 0 Å². The minimum Gasteiger partial charge on any atom is -0.310 e. The first-order chi connectivity index (χ1) is 34.0. The number of hydrogen-bond acceptors (Lipinski definition) is 2. The molecular formula is C64H56N6. The molecule has 4 aromatic heterocycles. The average Bonchev–Trinajstić information content (AvgIpc) is 4.00. The van der Waals surface area contributed by atoms with E-state index in [1.807, 2.05) is 0 Å². The molecule has 19 rings (SSSR count). The first-order valence-electron chi connectivity index (χ1n) is 27.2. The molecule has 0 aliphatic heterocycles. The zero-order valence-electron chi connectivity index (χ0n) is 40.9. The Labute approximate surface area is 408 Å². The lowest BCUT2D eigenvalue weighted by Gasteiger charge is -2.38. The second-order valence-corrected chi connectivity index (χ2v) is 26.0. The number of hydrogen-bond donors (Lipinski definition) is 0. The third-order valence-corrected chi connectivity index (χ3v) is 21.6. The van der Waals surface area contributed by atoms with Crippen LogP contribution in [0.4, 0.5) is 11.4 Å². The molecule has 4 fully saturated rings. The zero-order valence-corrected chi connectivity index (χ0v) is 40.9. The third kappa shape index (κ3) is 4.38. The minimum absolute atomic E-state index is 0.159. The summed E-state index contributed by atoms with van der Waals surface area (Å²) in [4.78, 5) is 9.08. The molecule has 4 heterocycles. The highest BCUT2D eigenvalue weighted by atomic mass is 15.0. The molecule has 6 heteroatoms. The predicted molar refractivity (Wildman–Crippen MR) is 281 cm³/mol. The summed E-state index contributed by atoms with van der Waals surface area (Å²) in [6.07, 6.45) is 18.4. The van der Waals surface area contributed by atoms with E-state index in [1.165, 1.54) is 174 Å². The van der Waals surface area contributed by atoms with E-state index in [9.17, 15) is 10.5 Å². The number of benzene rings is 5. The van der Waals surface area contributed by atoms with Gasteiger partial charge in [-0.25, -0.2) is 9.69 Å². The van der Waals surface area contributed by atoms with Crippen LogP contribution in [0.1, 0.15) is 197 Å². The second-order valence-electron chi connectivity index (χ2n) is 26.0. The summed E-state index contributed by atoms with van der Waals surface area (Å²) in [5.74, 6) is 4.45. The molecule has 9 aromatic rings. The van der Waals surface area contributed by atoms with Crippen molar-refractivity contribution in [1.29, 1.82) is 10.5 Å². The minimum atomic E-state index is -0.159. The summed E-state index contributed by atoms with van der Waals surface area (Å²) in [7, 11) is 0. The van der Waals surface area contributed by atoms with Gasteiger partial charge in [-0.2, -0.15) is 10.5 Å². The number of nitriles is 2. The smallest absolute Gasteiger partial charge is 0.193 e. The molecular weight excluding hydrogens is 853 g/mol. The van der Waals surface area contributed by atoms with E-state index in [-0.39, 0.29) is 10.8 Å². The van der Waals surface area contributed by atoms with Crippen molar-refractivity contribution in [3.8, 4) is 12.1 Å².